The maximum Gasteiger partial charge on any atom is 0.326 e. The Bertz CT molecular complexity index is 606. The summed E-state index contributed by atoms with van der Waals surface area (Å²) >= 11 is 0. The van der Waals surface area contributed by atoms with Crippen molar-refractivity contribution < 1.29 is 28.3 Å². The molecule has 1 fully saturated rings. The summed E-state index contributed by atoms with van der Waals surface area (Å²) in [6.45, 7) is 0.168. The molecule has 1 aromatic carbocycles. The second-order valence-electron chi connectivity index (χ2n) is 4.58. The van der Waals surface area contributed by atoms with E-state index in [-0.39, 0.29) is 18.7 Å². The predicted octanol–water partition coefficient (Wildman–Crippen LogP) is 0.979. The molecule has 1 saturated heterocycles. The Hall–Kier alpha value is -2.51. The average molecular weight is 298 g/mol. The largest absolute Gasteiger partial charge is 0.480 e. The van der Waals surface area contributed by atoms with Crippen LogP contribution in [-0.4, -0.2) is 40.4 Å². The smallest absolute Gasteiger partial charge is 0.326 e. The maximum atomic E-state index is 13.0. The summed E-state index contributed by atoms with van der Waals surface area (Å²) in [5.74, 6) is -5.52. The zero-order valence-corrected chi connectivity index (χ0v) is 10.8. The number of anilines is 1. The molecule has 0 aliphatic carbocycles. The van der Waals surface area contributed by atoms with Crippen molar-refractivity contribution in [3.63, 3.8) is 0 Å². The van der Waals surface area contributed by atoms with Crippen molar-refractivity contribution in [3.05, 3.63) is 29.8 Å². The van der Waals surface area contributed by atoms with Crippen LogP contribution < -0.4 is 5.32 Å². The molecule has 8 heteroatoms. The van der Waals surface area contributed by atoms with Gasteiger partial charge in [0.25, 0.3) is 0 Å². The molecule has 1 aliphatic heterocycles. The molecule has 1 aromatic rings. The van der Waals surface area contributed by atoms with Crippen molar-refractivity contribution in [1.29, 1.82) is 0 Å². The molecule has 0 aromatic heterocycles. The number of likely N-dealkylation sites (tertiary alicyclic amines) is 1. The van der Waals surface area contributed by atoms with Crippen LogP contribution in [0.2, 0.25) is 0 Å². The van der Waals surface area contributed by atoms with Gasteiger partial charge < -0.3 is 15.3 Å². The lowest BCUT2D eigenvalue weighted by molar-refractivity contribution is -0.151. The highest BCUT2D eigenvalue weighted by molar-refractivity contribution is 6.39. The van der Waals surface area contributed by atoms with E-state index < -0.39 is 35.5 Å². The topological polar surface area (TPSA) is 86.7 Å². The summed E-state index contributed by atoms with van der Waals surface area (Å²) in [4.78, 5) is 35.6. The van der Waals surface area contributed by atoms with Gasteiger partial charge in [-0.3, -0.25) is 9.59 Å². The fraction of sp³-hybridized carbons (Fsp3) is 0.308. The molecule has 2 amide bonds. The lowest BCUT2D eigenvalue weighted by Crippen LogP contribution is -2.45. The highest BCUT2D eigenvalue weighted by Crippen LogP contribution is 2.18. The Labute approximate surface area is 118 Å². The van der Waals surface area contributed by atoms with Crippen molar-refractivity contribution in [2.75, 3.05) is 11.9 Å². The maximum absolute atomic E-state index is 13.0. The van der Waals surface area contributed by atoms with Gasteiger partial charge in [-0.2, -0.15) is 0 Å². The van der Waals surface area contributed by atoms with Crippen molar-refractivity contribution in [1.82, 2.24) is 4.90 Å². The van der Waals surface area contributed by atoms with E-state index >= 15 is 0 Å². The van der Waals surface area contributed by atoms with Crippen molar-refractivity contribution in [2.45, 2.75) is 18.9 Å². The van der Waals surface area contributed by atoms with Crippen LogP contribution in [0.3, 0.4) is 0 Å². The summed E-state index contributed by atoms with van der Waals surface area (Å²) in [6, 6.07) is 1.61. The Morgan fingerprint density at radius 3 is 2.57 bits per heavy atom. The lowest BCUT2D eigenvalue weighted by atomic mass is 10.2. The second kappa shape index (κ2) is 5.86. The number of hydrogen-bond acceptors (Lipinski definition) is 3. The summed E-state index contributed by atoms with van der Waals surface area (Å²) in [5.41, 5.74) is -0.0849. The van der Waals surface area contributed by atoms with Gasteiger partial charge in [0.05, 0.1) is 0 Å². The van der Waals surface area contributed by atoms with E-state index in [1.165, 1.54) is 0 Å². The first kappa shape index (κ1) is 14.9. The lowest BCUT2D eigenvalue weighted by Gasteiger charge is -2.20. The Morgan fingerprint density at radius 1 is 1.24 bits per heavy atom. The SMILES string of the molecule is O=C(Nc1ccc(F)c(F)c1)C(=O)N1CCCC1C(=O)O. The third-order valence-corrected chi connectivity index (χ3v) is 3.17. The van der Waals surface area contributed by atoms with E-state index in [1.807, 2.05) is 0 Å². The molecule has 1 atom stereocenters. The molecule has 0 bridgehead atoms. The zero-order chi connectivity index (χ0) is 15.6. The van der Waals surface area contributed by atoms with Gasteiger partial charge in [0.1, 0.15) is 6.04 Å². The molecule has 0 spiro atoms. The minimum atomic E-state index is -1.18. The summed E-state index contributed by atoms with van der Waals surface area (Å²) in [7, 11) is 0. The molecule has 112 valence electrons. The normalized spacial score (nSPS) is 17.6. The number of carbonyl (C=O) groups excluding carboxylic acids is 2. The van der Waals surface area contributed by atoms with Gasteiger partial charge in [-0.25, -0.2) is 13.6 Å². The van der Waals surface area contributed by atoms with Gasteiger partial charge in [0, 0.05) is 18.3 Å². The fourth-order valence-corrected chi connectivity index (χ4v) is 2.16. The van der Waals surface area contributed by atoms with Crippen LogP contribution in [0.5, 0.6) is 0 Å². The molecular formula is C13H12F2N2O4. The first-order valence-corrected chi connectivity index (χ1v) is 6.20. The molecular weight excluding hydrogens is 286 g/mol. The van der Waals surface area contributed by atoms with Crippen molar-refractivity contribution in [2.24, 2.45) is 0 Å². The Kier molecular flexibility index (Phi) is 4.15. The Morgan fingerprint density at radius 2 is 1.95 bits per heavy atom. The highest BCUT2D eigenvalue weighted by Gasteiger charge is 2.36. The van der Waals surface area contributed by atoms with E-state index in [0.29, 0.717) is 6.42 Å². The number of benzene rings is 1. The van der Waals surface area contributed by atoms with Crippen molar-refractivity contribution in [3.8, 4) is 0 Å². The molecule has 1 heterocycles. The van der Waals surface area contributed by atoms with E-state index in [1.54, 1.807) is 0 Å². The first-order chi connectivity index (χ1) is 9.90. The Balaban J connectivity index is 2.07. The van der Waals surface area contributed by atoms with E-state index in [0.717, 1.165) is 23.1 Å². The summed E-state index contributed by atoms with van der Waals surface area (Å²) in [6.07, 6.45) is 0.765. The molecule has 2 N–H and O–H groups in total. The van der Waals surface area contributed by atoms with Crippen LogP contribution in [0, 0.1) is 11.6 Å². The highest BCUT2D eigenvalue weighted by atomic mass is 19.2. The van der Waals surface area contributed by atoms with Crippen LogP contribution in [0.25, 0.3) is 0 Å². The number of carboxylic acids is 1. The van der Waals surface area contributed by atoms with Gasteiger partial charge >= 0.3 is 17.8 Å². The number of carbonyl (C=O) groups is 3. The van der Waals surface area contributed by atoms with Gasteiger partial charge in [-0.05, 0) is 25.0 Å². The number of amides is 2. The third kappa shape index (κ3) is 3.15. The molecule has 0 saturated carbocycles. The van der Waals surface area contributed by atoms with E-state index in [9.17, 15) is 23.2 Å². The predicted molar refractivity (Wildman–Crippen MR) is 67.4 cm³/mol. The van der Waals surface area contributed by atoms with Crippen LogP contribution in [0.15, 0.2) is 18.2 Å². The number of carboxylic acid groups (broad SMARTS) is 1. The quantitative estimate of drug-likeness (QED) is 0.797. The number of halogens is 2. The van der Waals surface area contributed by atoms with Crippen molar-refractivity contribution >= 4 is 23.5 Å². The number of aliphatic carboxylic acids is 1. The average Bonchev–Trinajstić information content (AvgIpc) is 2.91. The molecule has 1 unspecified atom stereocenters. The minimum Gasteiger partial charge on any atom is -0.480 e. The molecule has 2 rings (SSSR count). The number of nitrogens with zero attached hydrogens (tertiary/aromatic N) is 1. The zero-order valence-electron chi connectivity index (χ0n) is 10.8. The van der Waals surface area contributed by atoms with Gasteiger partial charge in [0.2, 0.25) is 0 Å². The van der Waals surface area contributed by atoms with Gasteiger partial charge in [0.15, 0.2) is 11.6 Å². The molecule has 0 radical (unpaired) electrons. The molecule has 1 aliphatic rings. The third-order valence-electron chi connectivity index (χ3n) is 3.17. The van der Waals surface area contributed by atoms with Crippen LogP contribution >= 0.6 is 0 Å². The standard InChI is InChI=1S/C13H12F2N2O4/c14-8-4-3-7(6-9(8)15)16-11(18)12(19)17-5-1-2-10(17)13(20)21/h3-4,6,10H,1-2,5H2,(H,16,18)(H,20,21). The van der Waals surface area contributed by atoms with Crippen LogP contribution in [0.4, 0.5) is 14.5 Å². The first-order valence-electron chi connectivity index (χ1n) is 6.20. The molecule has 21 heavy (non-hydrogen) atoms. The second-order valence-corrected chi connectivity index (χ2v) is 4.58. The summed E-state index contributed by atoms with van der Waals surface area (Å²) in [5, 5.41) is 11.1. The number of nitrogens with one attached hydrogen (secondary N) is 1. The van der Waals surface area contributed by atoms with Crippen LogP contribution in [0.1, 0.15) is 12.8 Å². The van der Waals surface area contributed by atoms with Gasteiger partial charge in [-0.15, -0.1) is 0 Å². The monoisotopic (exact) mass is 298 g/mol. The van der Waals surface area contributed by atoms with Gasteiger partial charge in [-0.1, -0.05) is 0 Å². The summed E-state index contributed by atoms with van der Waals surface area (Å²) < 4.78 is 25.8. The fourth-order valence-electron chi connectivity index (χ4n) is 2.16. The van der Waals surface area contributed by atoms with E-state index in [4.69, 9.17) is 5.11 Å². The number of rotatable bonds is 2. The number of hydrogen-bond donors (Lipinski definition) is 2. The molecule has 6 nitrogen and oxygen atoms in total. The van der Waals surface area contributed by atoms with E-state index in [2.05, 4.69) is 5.32 Å². The minimum absolute atomic E-state index is 0.0849. The van der Waals surface area contributed by atoms with Crippen LogP contribution in [-0.2, 0) is 14.4 Å².